The van der Waals surface area contributed by atoms with Crippen LogP contribution in [-0.2, 0) is 29.3 Å². The molecule has 0 aromatic rings. The van der Waals surface area contributed by atoms with Gasteiger partial charge in [0.2, 0.25) is 0 Å². The second-order valence-electron chi connectivity index (χ2n) is 13.0. The Hall–Kier alpha value is -0.240. The zero-order chi connectivity index (χ0) is 24.7. The van der Waals surface area contributed by atoms with Crippen molar-refractivity contribution in [2.45, 2.75) is 157 Å². The largest absolute Gasteiger partial charge is 0.230 e. The van der Waals surface area contributed by atoms with Crippen LogP contribution in [-0.4, -0.2) is 33.6 Å². The highest BCUT2D eigenvalue weighted by molar-refractivity contribution is 4.75. The molecule has 6 nitrogen and oxygen atoms in total. The van der Waals surface area contributed by atoms with E-state index in [0.29, 0.717) is 0 Å². The van der Waals surface area contributed by atoms with Gasteiger partial charge in [-0.3, -0.25) is 0 Å². The van der Waals surface area contributed by atoms with E-state index < -0.39 is 0 Å². The molecule has 0 atom stereocenters. The molecular weight excluding hydrogens is 384 g/mol. The topological polar surface area (TPSA) is 55.4 Å². The molecule has 0 bridgehead atoms. The molecule has 0 N–H and O–H groups in total. The van der Waals surface area contributed by atoms with E-state index in [4.69, 9.17) is 29.3 Å². The van der Waals surface area contributed by atoms with Gasteiger partial charge < -0.3 is 0 Å². The molecule has 0 aliphatic rings. The standard InChI is InChI=1S/C16H34O4.C8H18O2/c1-13(2,3)17-19-15(7,8)11-12-16(9,10)20-18-14(4,5)6;1-7(2,3)9-10-8(4,5)6/h11-12H2,1-10H3;1-6H3. The number of hydrogen-bond donors (Lipinski definition) is 0. The lowest BCUT2D eigenvalue weighted by atomic mass is 9.94. The lowest BCUT2D eigenvalue weighted by Crippen LogP contribution is -2.35. The highest BCUT2D eigenvalue weighted by atomic mass is 17.2. The van der Waals surface area contributed by atoms with E-state index in [1.54, 1.807) is 0 Å². The molecule has 0 radical (unpaired) electrons. The van der Waals surface area contributed by atoms with Crippen molar-refractivity contribution in [3.05, 3.63) is 0 Å². The third-order valence-electron chi connectivity index (χ3n) is 2.91. The Bertz CT molecular complexity index is 412. The SMILES string of the molecule is CC(C)(C)OOC(C)(C)C.CC(C)(C)OOC(C)(C)CCC(C)(C)OOC(C)(C)C. The summed E-state index contributed by atoms with van der Waals surface area (Å²) in [7, 11) is 0. The summed E-state index contributed by atoms with van der Waals surface area (Å²) in [6, 6.07) is 0. The molecule has 0 amide bonds. The molecular formula is C24H52O6. The summed E-state index contributed by atoms with van der Waals surface area (Å²) in [5.74, 6) is 0. The zero-order valence-corrected chi connectivity index (χ0v) is 22.9. The predicted molar refractivity (Wildman–Crippen MR) is 123 cm³/mol. The van der Waals surface area contributed by atoms with E-state index in [1.165, 1.54) is 0 Å². The second kappa shape index (κ2) is 11.6. The molecule has 0 aliphatic carbocycles. The van der Waals surface area contributed by atoms with Gasteiger partial charge in [0, 0.05) is 0 Å². The van der Waals surface area contributed by atoms with Crippen LogP contribution in [0.5, 0.6) is 0 Å². The zero-order valence-electron chi connectivity index (χ0n) is 22.9. The van der Waals surface area contributed by atoms with Crippen molar-refractivity contribution < 1.29 is 29.3 Å². The maximum absolute atomic E-state index is 5.54. The van der Waals surface area contributed by atoms with E-state index in [2.05, 4.69) is 0 Å². The molecule has 0 heterocycles. The van der Waals surface area contributed by atoms with Crippen molar-refractivity contribution in [3.8, 4) is 0 Å². The van der Waals surface area contributed by atoms with Crippen LogP contribution in [0.2, 0.25) is 0 Å². The van der Waals surface area contributed by atoms with Crippen LogP contribution in [0.25, 0.3) is 0 Å². The Kier molecular flexibility index (Phi) is 12.3. The number of hydrogen-bond acceptors (Lipinski definition) is 6. The average molecular weight is 437 g/mol. The predicted octanol–water partition coefficient (Wildman–Crippen LogP) is 7.35. The first-order valence-corrected chi connectivity index (χ1v) is 10.9. The van der Waals surface area contributed by atoms with Gasteiger partial charge in [-0.05, 0) is 124 Å². The van der Waals surface area contributed by atoms with Crippen molar-refractivity contribution in [2.24, 2.45) is 0 Å². The third kappa shape index (κ3) is 25.8. The van der Waals surface area contributed by atoms with Crippen LogP contribution in [0.3, 0.4) is 0 Å². The Balaban J connectivity index is 0. The van der Waals surface area contributed by atoms with Crippen LogP contribution < -0.4 is 0 Å². The van der Waals surface area contributed by atoms with Gasteiger partial charge in [-0.2, -0.15) is 0 Å². The Morgan fingerprint density at radius 2 is 0.467 bits per heavy atom. The van der Waals surface area contributed by atoms with Gasteiger partial charge in [-0.25, -0.2) is 29.3 Å². The fourth-order valence-corrected chi connectivity index (χ4v) is 1.41. The normalized spacial score (nSPS) is 14.4. The van der Waals surface area contributed by atoms with Crippen molar-refractivity contribution in [3.63, 3.8) is 0 Å². The molecule has 0 aliphatic heterocycles. The summed E-state index contributed by atoms with van der Waals surface area (Å²) in [6.45, 7) is 31.6. The second-order valence-corrected chi connectivity index (χ2v) is 13.0. The van der Waals surface area contributed by atoms with Crippen LogP contribution in [0.15, 0.2) is 0 Å². The fourth-order valence-electron chi connectivity index (χ4n) is 1.41. The maximum Gasteiger partial charge on any atom is 0.0981 e. The summed E-state index contributed by atoms with van der Waals surface area (Å²) in [5.41, 5.74) is -1.77. The van der Waals surface area contributed by atoms with Gasteiger partial charge in [0.1, 0.15) is 0 Å². The van der Waals surface area contributed by atoms with Crippen LogP contribution in [0.4, 0.5) is 0 Å². The lowest BCUT2D eigenvalue weighted by molar-refractivity contribution is -0.410. The summed E-state index contributed by atoms with van der Waals surface area (Å²) >= 11 is 0. The van der Waals surface area contributed by atoms with Crippen LogP contribution >= 0.6 is 0 Å². The minimum atomic E-state index is -0.365. The average Bonchev–Trinajstić information content (AvgIpc) is 2.46. The molecule has 6 heteroatoms. The van der Waals surface area contributed by atoms with Crippen LogP contribution in [0, 0.1) is 0 Å². The maximum atomic E-state index is 5.54. The number of rotatable bonds is 8. The summed E-state index contributed by atoms with van der Waals surface area (Å²) < 4.78 is 0. The van der Waals surface area contributed by atoms with E-state index >= 15 is 0 Å². The Morgan fingerprint density at radius 3 is 0.633 bits per heavy atom. The molecule has 0 saturated heterocycles. The quantitative estimate of drug-likeness (QED) is 0.293. The molecule has 0 saturated carbocycles. The van der Waals surface area contributed by atoms with Crippen LogP contribution in [0.1, 0.15) is 124 Å². The molecule has 0 aromatic carbocycles. The molecule has 184 valence electrons. The van der Waals surface area contributed by atoms with Gasteiger partial charge in [0.25, 0.3) is 0 Å². The smallest absolute Gasteiger partial charge is 0.0981 e. The lowest BCUT2D eigenvalue weighted by Gasteiger charge is -2.33. The highest BCUT2D eigenvalue weighted by Crippen LogP contribution is 2.27. The minimum Gasteiger partial charge on any atom is -0.230 e. The van der Waals surface area contributed by atoms with Crippen molar-refractivity contribution in [1.82, 2.24) is 0 Å². The van der Waals surface area contributed by atoms with E-state index in [-0.39, 0.29) is 33.6 Å². The van der Waals surface area contributed by atoms with Gasteiger partial charge in [0.15, 0.2) is 0 Å². The van der Waals surface area contributed by atoms with Gasteiger partial charge in [-0.1, -0.05) is 0 Å². The Morgan fingerprint density at radius 1 is 0.300 bits per heavy atom. The monoisotopic (exact) mass is 436 g/mol. The molecule has 30 heavy (non-hydrogen) atoms. The third-order valence-corrected chi connectivity index (χ3v) is 2.91. The first-order valence-electron chi connectivity index (χ1n) is 10.9. The summed E-state index contributed by atoms with van der Waals surface area (Å²) in [5, 5.41) is 0. The molecule has 0 fully saturated rings. The van der Waals surface area contributed by atoms with Gasteiger partial charge >= 0.3 is 0 Å². The van der Waals surface area contributed by atoms with Crippen molar-refractivity contribution in [2.75, 3.05) is 0 Å². The summed E-state index contributed by atoms with van der Waals surface area (Å²) in [4.78, 5) is 32.1. The molecule has 0 aromatic heterocycles. The molecule has 0 rings (SSSR count). The highest BCUT2D eigenvalue weighted by Gasteiger charge is 2.30. The van der Waals surface area contributed by atoms with E-state index in [0.717, 1.165) is 12.8 Å². The van der Waals surface area contributed by atoms with Gasteiger partial charge in [0.05, 0.1) is 33.6 Å². The van der Waals surface area contributed by atoms with Gasteiger partial charge in [-0.15, -0.1) is 0 Å². The van der Waals surface area contributed by atoms with Crippen molar-refractivity contribution >= 4 is 0 Å². The molecule has 0 spiro atoms. The molecule has 0 unspecified atom stereocenters. The Labute approximate surface area is 187 Å². The fraction of sp³-hybridized carbons (Fsp3) is 1.00. The minimum absolute atomic E-state index is 0.215. The summed E-state index contributed by atoms with van der Waals surface area (Å²) in [6.07, 6.45) is 1.62. The van der Waals surface area contributed by atoms with Crippen molar-refractivity contribution in [1.29, 1.82) is 0 Å². The first-order chi connectivity index (χ1) is 12.8. The van der Waals surface area contributed by atoms with E-state index in [9.17, 15) is 0 Å². The van der Waals surface area contributed by atoms with E-state index in [1.807, 2.05) is 111 Å². The first kappa shape index (κ1) is 31.9.